The van der Waals surface area contributed by atoms with Gasteiger partial charge in [0.1, 0.15) is 12.1 Å². The van der Waals surface area contributed by atoms with E-state index in [1.54, 1.807) is 0 Å². The molecule has 0 aliphatic carbocycles. The Balaban J connectivity index is 1.72. The molecule has 2 aliphatic heterocycles. The average Bonchev–Trinajstić information content (AvgIpc) is 2.54. The lowest BCUT2D eigenvalue weighted by atomic mass is 10.2. The Hall–Kier alpha value is -0.650. The van der Waals surface area contributed by atoms with E-state index in [2.05, 4.69) is 17.3 Å². The van der Waals surface area contributed by atoms with Crippen LogP contribution in [-0.2, 0) is 14.3 Å². The molecule has 0 aromatic carbocycles. The summed E-state index contributed by atoms with van der Waals surface area (Å²) in [5.74, 6) is -0.128. The largest absolute Gasteiger partial charge is 0.461 e. The number of nitrogens with zero attached hydrogens (tertiary/aromatic N) is 1. The van der Waals surface area contributed by atoms with E-state index < -0.39 is 0 Å². The van der Waals surface area contributed by atoms with E-state index >= 15 is 0 Å². The van der Waals surface area contributed by atoms with Gasteiger partial charge in [-0.25, -0.2) is 0 Å². The van der Waals surface area contributed by atoms with Crippen LogP contribution in [-0.4, -0.2) is 62.4 Å². The van der Waals surface area contributed by atoms with Gasteiger partial charge in [-0.15, -0.1) is 0 Å². The van der Waals surface area contributed by atoms with Crippen LogP contribution >= 0.6 is 0 Å². The third kappa shape index (κ3) is 2.93. The predicted octanol–water partition coefficient (Wildman–Crippen LogP) is -0.389. The first-order valence-electron chi connectivity index (χ1n) is 5.89. The van der Waals surface area contributed by atoms with Crippen molar-refractivity contribution in [2.75, 3.05) is 33.3 Å². The molecule has 16 heavy (non-hydrogen) atoms. The van der Waals surface area contributed by atoms with Gasteiger partial charge in [0, 0.05) is 26.1 Å². The maximum atomic E-state index is 11.4. The number of cyclic esters (lactones) is 1. The molecule has 0 amide bonds. The molecule has 1 N–H and O–H groups in total. The minimum absolute atomic E-state index is 0.0416. The first-order valence-corrected chi connectivity index (χ1v) is 5.89. The minimum Gasteiger partial charge on any atom is -0.461 e. The van der Waals surface area contributed by atoms with Crippen LogP contribution < -0.4 is 5.32 Å². The summed E-state index contributed by atoms with van der Waals surface area (Å²) in [6.07, 6.45) is 0.990. The topological polar surface area (TPSA) is 50.8 Å². The number of likely N-dealkylation sites (N-methyl/N-ethyl adjacent to an activating group) is 1. The Morgan fingerprint density at radius 3 is 3.00 bits per heavy atom. The maximum Gasteiger partial charge on any atom is 0.323 e. The van der Waals surface area contributed by atoms with Crippen LogP contribution in [0.25, 0.3) is 0 Å². The van der Waals surface area contributed by atoms with Crippen LogP contribution in [0, 0.1) is 0 Å². The predicted molar refractivity (Wildman–Crippen MR) is 59.2 cm³/mol. The van der Waals surface area contributed by atoms with Gasteiger partial charge < -0.3 is 19.7 Å². The molecule has 0 saturated carbocycles. The van der Waals surface area contributed by atoms with Crippen LogP contribution in [0.3, 0.4) is 0 Å². The highest BCUT2D eigenvalue weighted by atomic mass is 16.6. The van der Waals surface area contributed by atoms with E-state index in [0.717, 1.165) is 32.7 Å². The zero-order valence-corrected chi connectivity index (χ0v) is 9.94. The van der Waals surface area contributed by atoms with Gasteiger partial charge in [0.05, 0.1) is 12.7 Å². The lowest BCUT2D eigenvalue weighted by molar-refractivity contribution is -0.142. The molecular formula is C11H20N2O3. The lowest BCUT2D eigenvalue weighted by Gasteiger charge is -2.30. The van der Waals surface area contributed by atoms with E-state index in [1.807, 2.05) is 6.92 Å². The Morgan fingerprint density at radius 2 is 2.38 bits per heavy atom. The van der Waals surface area contributed by atoms with Crippen molar-refractivity contribution in [3.63, 3.8) is 0 Å². The number of rotatable bonds is 3. The third-order valence-electron chi connectivity index (χ3n) is 3.10. The van der Waals surface area contributed by atoms with Crippen molar-refractivity contribution in [3.8, 4) is 0 Å². The van der Waals surface area contributed by atoms with Gasteiger partial charge in [-0.3, -0.25) is 4.79 Å². The number of morpholine rings is 1. The van der Waals surface area contributed by atoms with Gasteiger partial charge in [0.15, 0.2) is 0 Å². The van der Waals surface area contributed by atoms with E-state index in [4.69, 9.17) is 9.47 Å². The molecule has 5 heteroatoms. The molecule has 0 unspecified atom stereocenters. The molecule has 5 nitrogen and oxygen atoms in total. The van der Waals surface area contributed by atoms with Gasteiger partial charge in [0.25, 0.3) is 0 Å². The van der Waals surface area contributed by atoms with Crippen LogP contribution in [0.5, 0.6) is 0 Å². The average molecular weight is 228 g/mol. The molecule has 3 atom stereocenters. The zero-order chi connectivity index (χ0) is 11.5. The molecule has 0 radical (unpaired) electrons. The van der Waals surface area contributed by atoms with Gasteiger partial charge in [-0.05, 0) is 14.0 Å². The number of carbonyl (C=O) groups is 1. The summed E-state index contributed by atoms with van der Waals surface area (Å²) in [4.78, 5) is 13.6. The SMILES string of the molecule is C[C@@H]1C[C@@H](NC[C@H]2CN(C)CCO2)C(=O)O1. The van der Waals surface area contributed by atoms with E-state index in [0.29, 0.717) is 0 Å². The monoisotopic (exact) mass is 228 g/mol. The normalized spacial score (nSPS) is 36.4. The van der Waals surface area contributed by atoms with Crippen LogP contribution in [0.2, 0.25) is 0 Å². The van der Waals surface area contributed by atoms with Crippen molar-refractivity contribution >= 4 is 5.97 Å². The fraction of sp³-hybridized carbons (Fsp3) is 0.909. The second-order valence-corrected chi connectivity index (χ2v) is 4.70. The molecule has 0 spiro atoms. The Labute approximate surface area is 96.1 Å². The number of ether oxygens (including phenoxy) is 2. The summed E-state index contributed by atoms with van der Waals surface area (Å²) < 4.78 is 10.7. The summed E-state index contributed by atoms with van der Waals surface area (Å²) in [6.45, 7) is 5.32. The minimum atomic E-state index is -0.147. The molecule has 2 fully saturated rings. The van der Waals surface area contributed by atoms with Crippen molar-refractivity contribution in [1.82, 2.24) is 10.2 Å². The Bertz CT molecular complexity index is 260. The molecule has 92 valence electrons. The molecule has 2 heterocycles. The summed E-state index contributed by atoms with van der Waals surface area (Å²) in [5, 5.41) is 3.23. The second kappa shape index (κ2) is 5.12. The lowest BCUT2D eigenvalue weighted by Crippen LogP contribution is -2.47. The van der Waals surface area contributed by atoms with Crippen LogP contribution in [0.4, 0.5) is 0 Å². The standard InChI is InChI=1S/C11H20N2O3/c1-8-5-10(11(14)16-8)12-6-9-7-13(2)3-4-15-9/h8-10,12H,3-7H2,1-2H3/t8-,9+,10-/m1/s1. The smallest absolute Gasteiger partial charge is 0.323 e. The quantitative estimate of drug-likeness (QED) is 0.667. The molecule has 0 aromatic rings. The third-order valence-corrected chi connectivity index (χ3v) is 3.10. The van der Waals surface area contributed by atoms with Crippen molar-refractivity contribution in [1.29, 1.82) is 0 Å². The molecule has 2 saturated heterocycles. The molecule has 0 bridgehead atoms. The van der Waals surface area contributed by atoms with Crippen molar-refractivity contribution in [2.24, 2.45) is 0 Å². The summed E-state index contributed by atoms with van der Waals surface area (Å²) in [7, 11) is 2.08. The first-order chi connectivity index (χ1) is 7.65. The highest BCUT2D eigenvalue weighted by molar-refractivity contribution is 5.77. The fourth-order valence-electron chi connectivity index (χ4n) is 2.19. The second-order valence-electron chi connectivity index (χ2n) is 4.70. The summed E-state index contributed by atoms with van der Waals surface area (Å²) in [6, 6.07) is -0.147. The van der Waals surface area contributed by atoms with Crippen LogP contribution in [0.1, 0.15) is 13.3 Å². The first kappa shape index (κ1) is 11.8. The molecule has 2 rings (SSSR count). The van der Waals surface area contributed by atoms with Crippen molar-refractivity contribution in [2.45, 2.75) is 31.6 Å². The van der Waals surface area contributed by atoms with Gasteiger partial charge >= 0.3 is 5.97 Å². The van der Waals surface area contributed by atoms with Crippen LogP contribution in [0.15, 0.2) is 0 Å². The number of nitrogens with one attached hydrogen (secondary N) is 1. The number of hydrogen-bond acceptors (Lipinski definition) is 5. The zero-order valence-electron chi connectivity index (χ0n) is 9.94. The molecule has 0 aromatic heterocycles. The van der Waals surface area contributed by atoms with E-state index in [-0.39, 0.29) is 24.2 Å². The van der Waals surface area contributed by atoms with Crippen molar-refractivity contribution < 1.29 is 14.3 Å². The van der Waals surface area contributed by atoms with E-state index in [1.165, 1.54) is 0 Å². The highest BCUT2D eigenvalue weighted by Crippen LogP contribution is 2.14. The maximum absolute atomic E-state index is 11.4. The van der Waals surface area contributed by atoms with E-state index in [9.17, 15) is 4.79 Å². The van der Waals surface area contributed by atoms with Gasteiger partial charge in [-0.1, -0.05) is 0 Å². The number of hydrogen-bond donors (Lipinski definition) is 1. The number of carbonyl (C=O) groups excluding carboxylic acids is 1. The highest BCUT2D eigenvalue weighted by Gasteiger charge is 2.32. The molecular weight excluding hydrogens is 208 g/mol. The van der Waals surface area contributed by atoms with Crippen molar-refractivity contribution in [3.05, 3.63) is 0 Å². The number of esters is 1. The summed E-state index contributed by atoms with van der Waals surface area (Å²) >= 11 is 0. The Morgan fingerprint density at radius 1 is 1.56 bits per heavy atom. The summed E-state index contributed by atoms with van der Waals surface area (Å²) in [5.41, 5.74) is 0. The fourth-order valence-corrected chi connectivity index (χ4v) is 2.19. The van der Waals surface area contributed by atoms with Gasteiger partial charge in [0.2, 0.25) is 0 Å². The van der Waals surface area contributed by atoms with Gasteiger partial charge in [-0.2, -0.15) is 0 Å². The molecule has 2 aliphatic rings. The Kier molecular flexibility index (Phi) is 3.78.